The monoisotopic (exact) mass is 455 g/mol. The van der Waals surface area contributed by atoms with E-state index in [0.717, 1.165) is 42.6 Å². The summed E-state index contributed by atoms with van der Waals surface area (Å²) >= 11 is 0. The molecule has 1 saturated carbocycles. The van der Waals surface area contributed by atoms with E-state index in [1.165, 1.54) is 0 Å². The van der Waals surface area contributed by atoms with Crippen molar-refractivity contribution >= 4 is 27.4 Å². The van der Waals surface area contributed by atoms with Crippen molar-refractivity contribution in [3.63, 3.8) is 0 Å². The predicted octanol–water partition coefficient (Wildman–Crippen LogP) is 2.22. The number of benzene rings is 1. The highest BCUT2D eigenvalue weighted by molar-refractivity contribution is 7.90. The maximum absolute atomic E-state index is 12.4. The van der Waals surface area contributed by atoms with Gasteiger partial charge in [-0.2, -0.15) is 0 Å². The first-order valence-corrected chi connectivity index (χ1v) is 12.9. The van der Waals surface area contributed by atoms with Gasteiger partial charge in [0.25, 0.3) is 0 Å². The third-order valence-electron chi connectivity index (χ3n) is 6.59. The first-order chi connectivity index (χ1) is 15.4. The Kier molecular flexibility index (Phi) is 4.62. The van der Waals surface area contributed by atoms with Gasteiger partial charge in [-0.3, -0.25) is 0 Å². The number of nitrogens with zero attached hydrogens (tertiary/aromatic N) is 3. The molecule has 6 rings (SSSR count). The molecule has 2 saturated heterocycles. The molecule has 3 aliphatic heterocycles. The number of urea groups is 1. The van der Waals surface area contributed by atoms with E-state index in [4.69, 9.17) is 9.72 Å². The Morgan fingerprint density at radius 1 is 1.00 bits per heavy atom. The number of hydrogen-bond acceptors (Lipinski definition) is 7. The molecule has 10 heteroatoms. The average Bonchev–Trinajstić information content (AvgIpc) is 3.45. The van der Waals surface area contributed by atoms with Gasteiger partial charge in [-0.25, -0.2) is 23.2 Å². The van der Waals surface area contributed by atoms with Gasteiger partial charge in [0.1, 0.15) is 5.82 Å². The van der Waals surface area contributed by atoms with Crippen molar-refractivity contribution in [2.75, 3.05) is 23.4 Å². The molecule has 1 aliphatic carbocycles. The van der Waals surface area contributed by atoms with Crippen LogP contribution in [0, 0.1) is 0 Å². The summed E-state index contributed by atoms with van der Waals surface area (Å²) in [6, 6.07) is 7.87. The van der Waals surface area contributed by atoms with Crippen molar-refractivity contribution in [3.8, 4) is 11.4 Å². The van der Waals surface area contributed by atoms with E-state index < -0.39 is 9.84 Å². The topological polar surface area (TPSA) is 114 Å². The van der Waals surface area contributed by atoms with Gasteiger partial charge in [0.15, 0.2) is 15.7 Å². The number of carbonyl (C=O) groups excluding carboxylic acids is 1. The molecule has 168 valence electrons. The van der Waals surface area contributed by atoms with E-state index in [1.807, 2.05) is 24.3 Å². The molecule has 9 nitrogen and oxygen atoms in total. The number of carbonyl (C=O) groups is 1. The molecule has 4 aliphatic rings. The van der Waals surface area contributed by atoms with Crippen LogP contribution in [0.2, 0.25) is 0 Å². The molecular weight excluding hydrogens is 430 g/mol. The number of morpholine rings is 1. The van der Waals surface area contributed by atoms with Crippen LogP contribution in [0.15, 0.2) is 24.3 Å². The lowest BCUT2D eigenvalue weighted by Gasteiger charge is -2.36. The van der Waals surface area contributed by atoms with Crippen molar-refractivity contribution in [1.29, 1.82) is 0 Å². The van der Waals surface area contributed by atoms with Gasteiger partial charge in [0.2, 0.25) is 0 Å². The Labute approximate surface area is 186 Å². The van der Waals surface area contributed by atoms with Crippen LogP contribution in [0.25, 0.3) is 11.4 Å². The molecule has 0 radical (unpaired) electrons. The number of fused-ring (bicyclic) bond motifs is 3. The van der Waals surface area contributed by atoms with Crippen LogP contribution in [0.3, 0.4) is 0 Å². The minimum absolute atomic E-state index is 0.00624. The second-order valence-corrected chi connectivity index (χ2v) is 11.2. The number of anilines is 2. The fourth-order valence-electron chi connectivity index (χ4n) is 4.86. The number of hydrogen-bond donors (Lipinski definition) is 2. The second-order valence-electron chi connectivity index (χ2n) is 9.11. The lowest BCUT2D eigenvalue weighted by atomic mass is 10.1. The number of nitrogens with one attached hydrogen (secondary N) is 2. The average molecular weight is 456 g/mol. The molecule has 1 aromatic carbocycles. The molecule has 3 fully saturated rings. The molecule has 2 N–H and O–H groups in total. The zero-order valence-corrected chi connectivity index (χ0v) is 18.4. The van der Waals surface area contributed by atoms with E-state index in [0.29, 0.717) is 36.5 Å². The molecule has 32 heavy (non-hydrogen) atoms. The zero-order chi connectivity index (χ0) is 21.9. The Bertz CT molecular complexity index is 1160. The van der Waals surface area contributed by atoms with Gasteiger partial charge in [-0.1, -0.05) is 0 Å². The zero-order valence-electron chi connectivity index (χ0n) is 17.6. The Balaban J connectivity index is 1.33. The van der Waals surface area contributed by atoms with Crippen molar-refractivity contribution in [2.24, 2.45) is 0 Å². The van der Waals surface area contributed by atoms with Gasteiger partial charge in [0.05, 0.1) is 42.5 Å². The standard InChI is InChI=1S/C22H25N5O4S/c28-22(24-15-5-6-15)23-14-3-1-13(2-4-14)20-25-19-12-32(29,30)11-18(19)21(26-20)27-16-7-8-17(27)10-31-9-16/h1-4,15-17H,5-12H2,(H2,23,24,28). The first kappa shape index (κ1) is 19.9. The molecule has 4 heterocycles. The molecule has 1 aromatic heterocycles. The Morgan fingerprint density at radius 3 is 2.41 bits per heavy atom. The Hall–Kier alpha value is -2.72. The number of ether oxygens (including phenoxy) is 1. The largest absolute Gasteiger partial charge is 0.377 e. The van der Waals surface area contributed by atoms with Gasteiger partial charge in [0, 0.05) is 22.9 Å². The van der Waals surface area contributed by atoms with E-state index in [1.54, 1.807) is 0 Å². The minimum atomic E-state index is -3.22. The fraction of sp³-hybridized carbons (Fsp3) is 0.500. The highest BCUT2D eigenvalue weighted by atomic mass is 32.2. The molecular formula is C22H25N5O4S. The smallest absolute Gasteiger partial charge is 0.319 e. The predicted molar refractivity (Wildman–Crippen MR) is 119 cm³/mol. The summed E-state index contributed by atoms with van der Waals surface area (Å²) in [5.41, 5.74) is 2.80. The van der Waals surface area contributed by atoms with Gasteiger partial charge < -0.3 is 20.3 Å². The highest BCUT2D eigenvalue weighted by Gasteiger charge is 2.42. The second kappa shape index (κ2) is 7.41. The lowest BCUT2D eigenvalue weighted by molar-refractivity contribution is 0.0901. The summed E-state index contributed by atoms with van der Waals surface area (Å²) in [4.78, 5) is 23.8. The van der Waals surface area contributed by atoms with Crippen LogP contribution < -0.4 is 15.5 Å². The highest BCUT2D eigenvalue weighted by Crippen LogP contribution is 2.39. The molecule has 0 spiro atoms. The number of amides is 2. The SMILES string of the molecule is O=C(Nc1ccc(-c2nc3c(c(N4C5CCC4COC5)n2)CS(=O)(=O)C3)cc1)NC1CC1. The van der Waals surface area contributed by atoms with Gasteiger partial charge in [-0.15, -0.1) is 0 Å². The van der Waals surface area contributed by atoms with Crippen molar-refractivity contribution in [2.45, 2.75) is 55.3 Å². The van der Waals surface area contributed by atoms with E-state index in [-0.39, 0.29) is 29.6 Å². The summed E-state index contributed by atoms with van der Waals surface area (Å²) in [7, 11) is -3.22. The van der Waals surface area contributed by atoms with Crippen LogP contribution >= 0.6 is 0 Å². The van der Waals surface area contributed by atoms with Crippen molar-refractivity contribution in [1.82, 2.24) is 15.3 Å². The molecule has 2 aromatic rings. The van der Waals surface area contributed by atoms with E-state index in [2.05, 4.69) is 20.5 Å². The molecule has 2 amide bonds. The minimum Gasteiger partial charge on any atom is -0.377 e. The maximum atomic E-state index is 12.4. The quantitative estimate of drug-likeness (QED) is 0.727. The van der Waals surface area contributed by atoms with Gasteiger partial charge in [-0.05, 0) is 49.9 Å². The first-order valence-electron chi connectivity index (χ1n) is 11.1. The summed E-state index contributed by atoms with van der Waals surface area (Å²) in [6.45, 7) is 1.28. The fourth-order valence-corrected chi connectivity index (χ4v) is 6.36. The summed E-state index contributed by atoms with van der Waals surface area (Å²) in [5.74, 6) is 1.20. The third-order valence-corrected chi connectivity index (χ3v) is 8.03. The van der Waals surface area contributed by atoms with Crippen molar-refractivity contribution < 1.29 is 17.9 Å². The number of aromatic nitrogens is 2. The van der Waals surface area contributed by atoms with Crippen LogP contribution in [-0.4, -0.2) is 55.8 Å². The van der Waals surface area contributed by atoms with Crippen LogP contribution in [0.4, 0.5) is 16.3 Å². The summed E-state index contributed by atoms with van der Waals surface area (Å²) < 4.78 is 30.6. The third kappa shape index (κ3) is 3.71. The van der Waals surface area contributed by atoms with Gasteiger partial charge >= 0.3 is 6.03 Å². The molecule has 2 bridgehead atoms. The molecule has 2 unspecified atom stereocenters. The van der Waals surface area contributed by atoms with Crippen LogP contribution in [-0.2, 0) is 26.1 Å². The summed E-state index contributed by atoms with van der Waals surface area (Å²) in [6.07, 6.45) is 4.11. The van der Waals surface area contributed by atoms with Crippen LogP contribution in [0.5, 0.6) is 0 Å². The maximum Gasteiger partial charge on any atom is 0.319 e. The number of rotatable bonds is 4. The molecule has 2 atom stereocenters. The number of sulfone groups is 1. The van der Waals surface area contributed by atoms with Crippen LogP contribution in [0.1, 0.15) is 36.9 Å². The summed E-state index contributed by atoms with van der Waals surface area (Å²) in [5, 5.41) is 5.73. The lowest BCUT2D eigenvalue weighted by Crippen LogP contribution is -2.47. The van der Waals surface area contributed by atoms with E-state index >= 15 is 0 Å². The normalized spacial score (nSPS) is 25.4. The van der Waals surface area contributed by atoms with E-state index in [9.17, 15) is 13.2 Å². The Morgan fingerprint density at radius 2 is 1.72 bits per heavy atom. The van der Waals surface area contributed by atoms with Crippen molar-refractivity contribution in [3.05, 3.63) is 35.5 Å².